The van der Waals surface area contributed by atoms with Gasteiger partial charge >= 0.3 is 0 Å². The molecule has 6 heteroatoms. The Bertz CT molecular complexity index is 612. The molecule has 0 saturated carbocycles. The molecular weight excluding hydrogens is 290 g/mol. The van der Waals surface area contributed by atoms with Crippen molar-refractivity contribution < 1.29 is 17.9 Å². The Hall–Kier alpha value is -1.56. The maximum atomic E-state index is 12.1. The van der Waals surface area contributed by atoms with Crippen LogP contribution in [0.5, 0.6) is 5.75 Å². The van der Waals surface area contributed by atoms with E-state index in [1.807, 2.05) is 24.3 Å². The Kier molecular flexibility index (Phi) is 4.88. The van der Waals surface area contributed by atoms with Crippen LogP contribution in [-0.2, 0) is 21.1 Å². The van der Waals surface area contributed by atoms with Crippen molar-refractivity contribution in [1.29, 1.82) is 0 Å². The Labute approximate surface area is 125 Å². The largest absolute Gasteiger partial charge is 0.484 e. The first-order chi connectivity index (χ1) is 9.91. The molecule has 1 fully saturated rings. The number of rotatable bonds is 5. The van der Waals surface area contributed by atoms with E-state index < -0.39 is 9.84 Å². The SMILES string of the molecule is CCc1cccc(OCC(=O)N(C)C2CCS(=O)(=O)C2)c1. The number of carbonyl (C=O) groups excluding carboxylic acids is 1. The molecule has 116 valence electrons. The summed E-state index contributed by atoms with van der Waals surface area (Å²) in [5.41, 5.74) is 1.15. The molecule has 0 bridgehead atoms. The van der Waals surface area contributed by atoms with Crippen LogP contribution >= 0.6 is 0 Å². The lowest BCUT2D eigenvalue weighted by molar-refractivity contribution is -0.133. The molecule has 0 radical (unpaired) electrons. The quantitative estimate of drug-likeness (QED) is 0.821. The number of aryl methyl sites for hydroxylation is 1. The minimum atomic E-state index is -2.98. The summed E-state index contributed by atoms with van der Waals surface area (Å²) >= 11 is 0. The smallest absolute Gasteiger partial charge is 0.260 e. The first kappa shape index (κ1) is 15.8. The van der Waals surface area contributed by atoms with Gasteiger partial charge in [-0.05, 0) is 30.5 Å². The molecule has 1 saturated heterocycles. The van der Waals surface area contributed by atoms with Crippen molar-refractivity contribution in [2.24, 2.45) is 0 Å². The summed E-state index contributed by atoms with van der Waals surface area (Å²) in [6, 6.07) is 7.39. The molecule has 1 unspecified atom stereocenters. The zero-order chi connectivity index (χ0) is 15.5. The molecular formula is C15H21NO4S. The van der Waals surface area contributed by atoms with Gasteiger partial charge in [-0.25, -0.2) is 8.42 Å². The van der Waals surface area contributed by atoms with Crippen molar-refractivity contribution in [2.75, 3.05) is 25.2 Å². The summed E-state index contributed by atoms with van der Waals surface area (Å²) in [6.45, 7) is 1.98. The van der Waals surface area contributed by atoms with Crippen LogP contribution in [0.3, 0.4) is 0 Å². The zero-order valence-electron chi connectivity index (χ0n) is 12.4. The number of sulfone groups is 1. The highest BCUT2D eigenvalue weighted by Crippen LogP contribution is 2.17. The summed E-state index contributed by atoms with van der Waals surface area (Å²) in [5, 5.41) is 0. The molecule has 21 heavy (non-hydrogen) atoms. The van der Waals surface area contributed by atoms with E-state index in [2.05, 4.69) is 6.92 Å². The van der Waals surface area contributed by atoms with Crippen LogP contribution in [0.4, 0.5) is 0 Å². The molecule has 1 atom stereocenters. The number of nitrogens with zero attached hydrogens (tertiary/aromatic N) is 1. The highest BCUT2D eigenvalue weighted by molar-refractivity contribution is 7.91. The normalized spacial score (nSPS) is 20.2. The summed E-state index contributed by atoms with van der Waals surface area (Å²) < 4.78 is 28.4. The number of likely N-dealkylation sites (N-methyl/N-ethyl adjacent to an activating group) is 1. The van der Waals surface area contributed by atoms with Gasteiger partial charge in [0.25, 0.3) is 5.91 Å². The van der Waals surface area contributed by atoms with E-state index >= 15 is 0 Å². The molecule has 1 aromatic rings. The maximum Gasteiger partial charge on any atom is 0.260 e. The number of hydrogen-bond acceptors (Lipinski definition) is 4. The van der Waals surface area contributed by atoms with Gasteiger partial charge in [0.2, 0.25) is 0 Å². The highest BCUT2D eigenvalue weighted by atomic mass is 32.2. The Morgan fingerprint density at radius 2 is 2.19 bits per heavy atom. The fourth-order valence-electron chi connectivity index (χ4n) is 2.39. The lowest BCUT2D eigenvalue weighted by atomic mass is 10.2. The Balaban J connectivity index is 1.89. The van der Waals surface area contributed by atoms with Gasteiger partial charge < -0.3 is 9.64 Å². The number of hydrogen-bond donors (Lipinski definition) is 0. The summed E-state index contributed by atoms with van der Waals surface area (Å²) in [7, 11) is -1.35. The second kappa shape index (κ2) is 6.47. The van der Waals surface area contributed by atoms with Gasteiger partial charge in [0.15, 0.2) is 16.4 Å². The predicted octanol–water partition coefficient (Wildman–Crippen LogP) is 1.27. The van der Waals surface area contributed by atoms with E-state index in [9.17, 15) is 13.2 Å². The number of benzene rings is 1. The predicted molar refractivity (Wildman–Crippen MR) is 81.1 cm³/mol. The van der Waals surface area contributed by atoms with E-state index in [1.165, 1.54) is 4.90 Å². The minimum absolute atomic E-state index is 0.0561. The topological polar surface area (TPSA) is 63.7 Å². The van der Waals surface area contributed by atoms with Gasteiger partial charge in [0.1, 0.15) is 5.75 Å². The standard InChI is InChI=1S/C15H21NO4S/c1-3-12-5-4-6-14(9-12)20-10-15(17)16(2)13-7-8-21(18,19)11-13/h4-6,9,13H,3,7-8,10-11H2,1-2H3. The molecule has 1 aromatic carbocycles. The lowest BCUT2D eigenvalue weighted by Crippen LogP contribution is -2.40. The fraction of sp³-hybridized carbons (Fsp3) is 0.533. The monoisotopic (exact) mass is 311 g/mol. The molecule has 1 aliphatic rings. The zero-order valence-corrected chi connectivity index (χ0v) is 13.2. The van der Waals surface area contributed by atoms with Crippen molar-refractivity contribution in [3.05, 3.63) is 29.8 Å². The molecule has 2 rings (SSSR count). The van der Waals surface area contributed by atoms with Crippen LogP contribution in [-0.4, -0.2) is 50.4 Å². The summed E-state index contributed by atoms with van der Waals surface area (Å²) in [5.74, 6) is 0.684. The van der Waals surface area contributed by atoms with E-state index in [1.54, 1.807) is 7.05 Å². The second-order valence-corrected chi connectivity index (χ2v) is 7.58. The highest BCUT2D eigenvalue weighted by Gasteiger charge is 2.32. The van der Waals surface area contributed by atoms with Crippen LogP contribution in [0.2, 0.25) is 0 Å². The van der Waals surface area contributed by atoms with Gasteiger partial charge in [-0.3, -0.25) is 4.79 Å². The fourth-order valence-corrected chi connectivity index (χ4v) is 4.16. The lowest BCUT2D eigenvalue weighted by Gasteiger charge is -2.23. The molecule has 1 aliphatic heterocycles. The minimum Gasteiger partial charge on any atom is -0.484 e. The van der Waals surface area contributed by atoms with Gasteiger partial charge in [-0.1, -0.05) is 19.1 Å². The van der Waals surface area contributed by atoms with Crippen LogP contribution in [0.1, 0.15) is 18.9 Å². The van der Waals surface area contributed by atoms with E-state index in [0.29, 0.717) is 12.2 Å². The van der Waals surface area contributed by atoms with E-state index in [0.717, 1.165) is 12.0 Å². The van der Waals surface area contributed by atoms with Crippen LogP contribution in [0, 0.1) is 0 Å². The van der Waals surface area contributed by atoms with Crippen molar-refractivity contribution in [2.45, 2.75) is 25.8 Å². The first-order valence-electron chi connectivity index (χ1n) is 7.09. The average Bonchev–Trinajstić information content (AvgIpc) is 2.84. The van der Waals surface area contributed by atoms with Crippen molar-refractivity contribution in [1.82, 2.24) is 4.90 Å². The molecule has 1 heterocycles. The molecule has 0 aromatic heterocycles. The van der Waals surface area contributed by atoms with Crippen molar-refractivity contribution in [3.63, 3.8) is 0 Å². The van der Waals surface area contributed by atoms with Gasteiger partial charge in [0, 0.05) is 13.1 Å². The van der Waals surface area contributed by atoms with E-state index in [-0.39, 0.29) is 30.1 Å². The number of carbonyl (C=O) groups is 1. The van der Waals surface area contributed by atoms with E-state index in [4.69, 9.17) is 4.74 Å². The molecule has 0 aliphatic carbocycles. The van der Waals surface area contributed by atoms with Gasteiger partial charge in [-0.15, -0.1) is 0 Å². The number of amides is 1. The van der Waals surface area contributed by atoms with Crippen LogP contribution < -0.4 is 4.74 Å². The maximum absolute atomic E-state index is 12.1. The third-order valence-corrected chi connectivity index (χ3v) is 5.57. The molecule has 1 amide bonds. The summed E-state index contributed by atoms with van der Waals surface area (Å²) in [6.07, 6.45) is 1.42. The second-order valence-electron chi connectivity index (χ2n) is 5.35. The first-order valence-corrected chi connectivity index (χ1v) is 8.91. The van der Waals surface area contributed by atoms with Crippen LogP contribution in [0.25, 0.3) is 0 Å². The summed E-state index contributed by atoms with van der Waals surface area (Å²) in [4.78, 5) is 13.6. The molecule has 0 N–H and O–H groups in total. The third-order valence-electron chi connectivity index (χ3n) is 3.82. The molecule has 5 nitrogen and oxygen atoms in total. The van der Waals surface area contributed by atoms with Gasteiger partial charge in [0.05, 0.1) is 11.5 Å². The number of ether oxygens (including phenoxy) is 1. The molecule has 0 spiro atoms. The van der Waals surface area contributed by atoms with Crippen molar-refractivity contribution >= 4 is 15.7 Å². The Morgan fingerprint density at radius 3 is 2.81 bits per heavy atom. The average molecular weight is 311 g/mol. The Morgan fingerprint density at radius 1 is 1.43 bits per heavy atom. The van der Waals surface area contributed by atoms with Gasteiger partial charge in [-0.2, -0.15) is 0 Å². The third kappa shape index (κ3) is 4.20. The van der Waals surface area contributed by atoms with Crippen molar-refractivity contribution in [3.8, 4) is 5.75 Å². The van der Waals surface area contributed by atoms with Crippen LogP contribution in [0.15, 0.2) is 24.3 Å².